The smallest absolute Gasteiger partial charge is 0.439 e. The van der Waals surface area contributed by atoms with Gasteiger partial charge in [-0.05, 0) is 52.0 Å². The zero-order chi connectivity index (χ0) is 22.1. The molecule has 0 bridgehead atoms. The molecular weight excluding hydrogens is 396 g/mol. The molecule has 1 aliphatic heterocycles. The lowest BCUT2D eigenvalue weighted by atomic mass is 10.2. The Hall–Kier alpha value is -3.63. The second-order valence-electron chi connectivity index (χ2n) is 7.74. The number of rotatable bonds is 5. The van der Waals surface area contributed by atoms with Gasteiger partial charge in [0.05, 0.1) is 6.54 Å². The van der Waals surface area contributed by atoms with Gasteiger partial charge in [0.15, 0.2) is 11.9 Å². The molecule has 11 nitrogen and oxygen atoms in total. The Morgan fingerprint density at radius 3 is 2.50 bits per heavy atom. The first-order chi connectivity index (χ1) is 14.0. The van der Waals surface area contributed by atoms with E-state index in [-0.39, 0.29) is 12.4 Å². The molecule has 1 unspecified atom stereocenters. The van der Waals surface area contributed by atoms with Crippen LogP contribution in [0.3, 0.4) is 0 Å². The van der Waals surface area contributed by atoms with E-state index in [1.807, 2.05) is 0 Å². The topological polar surface area (TPSA) is 144 Å². The molecule has 2 N–H and O–H groups in total. The molecule has 2 heterocycles. The van der Waals surface area contributed by atoms with Gasteiger partial charge in [0.25, 0.3) is 5.91 Å². The van der Waals surface area contributed by atoms with E-state index in [0.29, 0.717) is 11.3 Å². The molecule has 0 saturated carbocycles. The van der Waals surface area contributed by atoms with Crippen molar-refractivity contribution in [2.24, 2.45) is 0 Å². The zero-order valence-corrected chi connectivity index (χ0v) is 16.9. The van der Waals surface area contributed by atoms with Crippen molar-refractivity contribution < 1.29 is 28.4 Å². The van der Waals surface area contributed by atoms with Gasteiger partial charge in [-0.15, -0.1) is 0 Å². The number of hydrogen-bond donors (Lipinski definition) is 2. The van der Waals surface area contributed by atoms with E-state index in [1.54, 1.807) is 45.0 Å². The van der Waals surface area contributed by atoms with Crippen molar-refractivity contribution in [1.82, 2.24) is 15.5 Å². The van der Waals surface area contributed by atoms with Crippen LogP contribution in [0.1, 0.15) is 27.7 Å². The summed E-state index contributed by atoms with van der Waals surface area (Å²) in [6.07, 6.45) is -1.77. The van der Waals surface area contributed by atoms with Crippen LogP contribution in [-0.2, 0) is 19.1 Å². The third-order valence-corrected chi connectivity index (χ3v) is 4.12. The van der Waals surface area contributed by atoms with E-state index >= 15 is 0 Å². The van der Waals surface area contributed by atoms with Crippen LogP contribution in [0.2, 0.25) is 0 Å². The van der Waals surface area contributed by atoms with E-state index in [4.69, 9.17) is 9.47 Å². The number of aromatic nitrogens is 2. The van der Waals surface area contributed by atoms with Crippen LogP contribution in [-0.4, -0.2) is 52.4 Å². The second kappa shape index (κ2) is 8.01. The maximum Gasteiger partial charge on any atom is 0.439 e. The van der Waals surface area contributed by atoms with E-state index in [0.717, 1.165) is 0 Å². The van der Waals surface area contributed by atoms with E-state index in [9.17, 15) is 19.2 Å². The molecule has 160 valence electrons. The Morgan fingerprint density at radius 2 is 1.93 bits per heavy atom. The summed E-state index contributed by atoms with van der Waals surface area (Å²) < 4.78 is 14.8. The predicted octanol–water partition coefficient (Wildman–Crippen LogP) is 1.20. The van der Waals surface area contributed by atoms with Gasteiger partial charge in [0.2, 0.25) is 0 Å². The van der Waals surface area contributed by atoms with Crippen molar-refractivity contribution in [3.8, 4) is 11.4 Å². The monoisotopic (exact) mass is 418 g/mol. The Balaban J connectivity index is 1.62. The van der Waals surface area contributed by atoms with Crippen LogP contribution >= 0.6 is 0 Å². The van der Waals surface area contributed by atoms with E-state index in [2.05, 4.69) is 20.0 Å². The Morgan fingerprint density at radius 1 is 1.27 bits per heavy atom. The average molecular weight is 418 g/mol. The standard InChI is InChI=1S/C19H22N4O7/c1-10(16(25)29-19(2,3)4)20-15(24)13-9-23(18(27)28-13)12-7-5-11(6-8-12)14-21-17(26)30-22-14/h5-8,10,13H,9H2,1-4H3,(H,20,24)(H,21,22,26)/t10-,13?/m1/s1. The van der Waals surface area contributed by atoms with Crippen LogP contribution in [0.4, 0.5) is 10.5 Å². The summed E-state index contributed by atoms with van der Waals surface area (Å²) in [7, 11) is 0. The lowest BCUT2D eigenvalue weighted by Crippen LogP contribution is -2.47. The molecule has 1 aromatic carbocycles. The normalized spacial score (nSPS) is 17.4. The number of nitrogens with zero attached hydrogens (tertiary/aromatic N) is 2. The highest BCUT2D eigenvalue weighted by molar-refractivity contribution is 5.96. The van der Waals surface area contributed by atoms with Gasteiger partial charge in [-0.2, -0.15) is 0 Å². The molecule has 1 fully saturated rings. The SMILES string of the molecule is C[C@@H](NC(=O)C1CN(c2ccc(-c3noc(=O)[nH]3)cc2)C(=O)O1)C(=O)OC(C)(C)C. The van der Waals surface area contributed by atoms with Gasteiger partial charge >= 0.3 is 17.8 Å². The first-order valence-electron chi connectivity index (χ1n) is 9.21. The molecule has 2 amide bonds. The number of cyclic esters (lactones) is 1. The van der Waals surface area contributed by atoms with E-state index in [1.165, 1.54) is 11.8 Å². The highest BCUT2D eigenvalue weighted by Gasteiger charge is 2.38. The average Bonchev–Trinajstić information content (AvgIpc) is 3.26. The number of H-pyrrole nitrogens is 1. The van der Waals surface area contributed by atoms with Crippen LogP contribution in [0, 0.1) is 0 Å². The number of hydrogen-bond acceptors (Lipinski definition) is 8. The lowest BCUT2D eigenvalue weighted by molar-refractivity contribution is -0.158. The number of anilines is 1. The minimum atomic E-state index is -1.08. The fraction of sp³-hybridized carbons (Fsp3) is 0.421. The number of nitrogens with one attached hydrogen (secondary N) is 2. The van der Waals surface area contributed by atoms with Crippen molar-refractivity contribution in [2.45, 2.75) is 45.4 Å². The highest BCUT2D eigenvalue weighted by atomic mass is 16.6. The van der Waals surface area contributed by atoms with Gasteiger partial charge in [-0.3, -0.25) is 19.2 Å². The molecule has 11 heteroatoms. The molecule has 1 aliphatic rings. The fourth-order valence-corrected chi connectivity index (χ4v) is 2.72. The molecule has 0 radical (unpaired) electrons. The van der Waals surface area contributed by atoms with Crippen LogP contribution < -0.4 is 16.0 Å². The Bertz CT molecular complexity index is 1000. The first kappa shape index (κ1) is 21.1. The molecule has 3 rings (SSSR count). The number of amides is 2. The zero-order valence-electron chi connectivity index (χ0n) is 16.9. The summed E-state index contributed by atoms with van der Waals surface area (Å²) in [6, 6.07) is 5.61. The number of carbonyl (C=O) groups is 3. The molecule has 2 aromatic rings. The minimum absolute atomic E-state index is 0.0220. The van der Waals surface area contributed by atoms with Crippen molar-refractivity contribution in [2.75, 3.05) is 11.4 Å². The van der Waals surface area contributed by atoms with Crippen molar-refractivity contribution in [1.29, 1.82) is 0 Å². The number of esters is 1. The van der Waals surface area contributed by atoms with E-state index < -0.39 is 41.5 Å². The quantitative estimate of drug-likeness (QED) is 0.689. The number of aromatic amines is 1. The van der Waals surface area contributed by atoms with Gasteiger partial charge in [-0.25, -0.2) is 14.4 Å². The van der Waals surface area contributed by atoms with Crippen molar-refractivity contribution in [3.05, 3.63) is 34.8 Å². The molecule has 30 heavy (non-hydrogen) atoms. The number of carbonyl (C=O) groups excluding carboxylic acids is 3. The third kappa shape index (κ3) is 4.85. The maximum absolute atomic E-state index is 12.4. The first-order valence-corrected chi connectivity index (χ1v) is 9.21. The molecule has 0 aliphatic carbocycles. The third-order valence-electron chi connectivity index (χ3n) is 4.12. The predicted molar refractivity (Wildman–Crippen MR) is 104 cm³/mol. The minimum Gasteiger partial charge on any atom is -0.458 e. The maximum atomic E-state index is 12.4. The summed E-state index contributed by atoms with van der Waals surface area (Å²) in [6.45, 7) is 6.64. The number of benzene rings is 1. The molecular formula is C19H22N4O7. The van der Waals surface area contributed by atoms with Crippen LogP contribution in [0.25, 0.3) is 11.4 Å². The fourth-order valence-electron chi connectivity index (χ4n) is 2.72. The van der Waals surface area contributed by atoms with Gasteiger partial charge in [0, 0.05) is 11.3 Å². The highest BCUT2D eigenvalue weighted by Crippen LogP contribution is 2.24. The Labute approximate surface area is 171 Å². The van der Waals surface area contributed by atoms with Crippen molar-refractivity contribution >= 4 is 23.7 Å². The summed E-state index contributed by atoms with van der Waals surface area (Å²) in [5.41, 5.74) is 0.389. The summed E-state index contributed by atoms with van der Waals surface area (Å²) >= 11 is 0. The molecule has 1 saturated heterocycles. The number of ether oxygens (including phenoxy) is 2. The van der Waals surface area contributed by atoms with Crippen LogP contribution in [0.5, 0.6) is 0 Å². The lowest BCUT2D eigenvalue weighted by Gasteiger charge is -2.23. The van der Waals surface area contributed by atoms with Crippen molar-refractivity contribution in [3.63, 3.8) is 0 Å². The summed E-state index contributed by atoms with van der Waals surface area (Å²) in [4.78, 5) is 51.4. The largest absolute Gasteiger partial charge is 0.458 e. The van der Waals surface area contributed by atoms with Crippen LogP contribution in [0.15, 0.2) is 33.6 Å². The Kier molecular flexibility index (Phi) is 5.63. The molecule has 1 aromatic heterocycles. The second-order valence-corrected chi connectivity index (χ2v) is 7.74. The molecule has 2 atom stereocenters. The molecule has 0 spiro atoms. The van der Waals surface area contributed by atoms with Gasteiger partial charge < -0.3 is 14.8 Å². The van der Waals surface area contributed by atoms with Gasteiger partial charge in [-0.1, -0.05) is 5.16 Å². The summed E-state index contributed by atoms with van der Waals surface area (Å²) in [5.74, 6) is -1.60. The summed E-state index contributed by atoms with van der Waals surface area (Å²) in [5, 5.41) is 6.09. The van der Waals surface area contributed by atoms with Gasteiger partial charge in [0.1, 0.15) is 11.6 Å².